The fraction of sp³-hybridized carbons (Fsp3) is 0.778. The van der Waals surface area contributed by atoms with Gasteiger partial charge in [0.15, 0.2) is 5.82 Å². The molecule has 0 radical (unpaired) electrons. The summed E-state index contributed by atoms with van der Waals surface area (Å²) in [5.74, 6) is 0.0982. The molecule has 2 rings (SSSR count). The summed E-state index contributed by atoms with van der Waals surface area (Å²) in [6.07, 6.45) is 0.581. The minimum absolute atomic E-state index is 0.0262. The van der Waals surface area contributed by atoms with Gasteiger partial charge in [0.05, 0.1) is 5.75 Å². The second-order valence-corrected chi connectivity index (χ2v) is 8.35. The van der Waals surface area contributed by atoms with Gasteiger partial charge in [-0.05, 0) is 6.42 Å². The van der Waals surface area contributed by atoms with Crippen molar-refractivity contribution in [1.29, 1.82) is 0 Å². The summed E-state index contributed by atoms with van der Waals surface area (Å²) >= 11 is 0. The summed E-state index contributed by atoms with van der Waals surface area (Å²) in [5, 5.41) is 3.50. The third-order valence-corrected chi connectivity index (χ3v) is 6.01. The molecule has 1 saturated heterocycles. The van der Waals surface area contributed by atoms with Crippen LogP contribution in [0.4, 0.5) is 0 Å². The summed E-state index contributed by atoms with van der Waals surface area (Å²) in [7, 11) is -6.81. The standard InChI is InChI=1S/C9H16N4O5S2/c1-8-11-9(12-18-8)7-19(14,15)10-3-5-13-4-2-6-20(13,16)17/h10H,2-7H2,1H3. The Morgan fingerprint density at radius 3 is 2.75 bits per heavy atom. The lowest BCUT2D eigenvalue weighted by molar-refractivity contribution is 0.388. The van der Waals surface area contributed by atoms with Gasteiger partial charge in [-0.1, -0.05) is 5.16 Å². The molecule has 0 atom stereocenters. The SMILES string of the molecule is Cc1nc(CS(=O)(=O)NCCN2CCCS2(=O)=O)no1. The van der Waals surface area contributed by atoms with E-state index in [1.807, 2.05) is 0 Å². The maximum atomic E-state index is 11.7. The lowest BCUT2D eigenvalue weighted by Gasteiger charge is -2.14. The van der Waals surface area contributed by atoms with E-state index in [1.54, 1.807) is 6.92 Å². The number of nitrogens with one attached hydrogen (secondary N) is 1. The smallest absolute Gasteiger partial charge is 0.223 e. The van der Waals surface area contributed by atoms with Crippen LogP contribution in [-0.4, -0.2) is 56.7 Å². The highest BCUT2D eigenvalue weighted by atomic mass is 32.2. The number of aryl methyl sites for hydroxylation is 1. The largest absolute Gasteiger partial charge is 0.340 e. The highest BCUT2D eigenvalue weighted by Gasteiger charge is 2.28. The van der Waals surface area contributed by atoms with Crippen LogP contribution in [0.1, 0.15) is 18.1 Å². The maximum Gasteiger partial charge on any atom is 0.223 e. The Hall–Kier alpha value is -1.04. The van der Waals surface area contributed by atoms with Gasteiger partial charge in [-0.3, -0.25) is 0 Å². The molecule has 1 fully saturated rings. The summed E-state index contributed by atoms with van der Waals surface area (Å²) < 4.78 is 54.8. The van der Waals surface area contributed by atoms with Gasteiger partial charge in [0.1, 0.15) is 5.75 Å². The van der Waals surface area contributed by atoms with Gasteiger partial charge in [0, 0.05) is 26.6 Å². The van der Waals surface area contributed by atoms with E-state index in [0.717, 1.165) is 0 Å². The second-order valence-electron chi connectivity index (χ2n) is 4.45. The third kappa shape index (κ3) is 3.98. The van der Waals surface area contributed by atoms with Crippen molar-refractivity contribution >= 4 is 20.0 Å². The topological polar surface area (TPSA) is 122 Å². The Labute approximate surface area is 117 Å². The highest BCUT2D eigenvalue weighted by molar-refractivity contribution is 7.89. The summed E-state index contributed by atoms with van der Waals surface area (Å²) in [4.78, 5) is 3.80. The monoisotopic (exact) mass is 324 g/mol. The normalized spacial score (nSPS) is 19.4. The molecule has 0 spiro atoms. The van der Waals surface area contributed by atoms with Crippen molar-refractivity contribution in [2.75, 3.05) is 25.4 Å². The molecule has 0 saturated carbocycles. The van der Waals surface area contributed by atoms with E-state index >= 15 is 0 Å². The molecule has 1 aromatic heterocycles. The van der Waals surface area contributed by atoms with Crippen LogP contribution in [0, 0.1) is 6.92 Å². The molecular formula is C9H16N4O5S2. The number of hydrogen-bond donors (Lipinski definition) is 1. The van der Waals surface area contributed by atoms with Crippen molar-refractivity contribution in [3.8, 4) is 0 Å². The molecule has 2 heterocycles. The first-order valence-electron chi connectivity index (χ1n) is 6.03. The van der Waals surface area contributed by atoms with E-state index in [4.69, 9.17) is 0 Å². The zero-order chi connectivity index (χ0) is 14.8. The Bertz CT molecular complexity index is 666. The van der Waals surface area contributed by atoms with Crippen molar-refractivity contribution in [2.45, 2.75) is 19.1 Å². The summed E-state index contributed by atoms with van der Waals surface area (Å²) in [5.41, 5.74) is 0. The molecule has 1 aliphatic rings. The Morgan fingerprint density at radius 2 is 2.20 bits per heavy atom. The molecule has 114 valence electrons. The summed E-state index contributed by atoms with van der Waals surface area (Å²) in [6, 6.07) is 0. The number of hydrogen-bond acceptors (Lipinski definition) is 7. The zero-order valence-corrected chi connectivity index (χ0v) is 12.6. The second kappa shape index (κ2) is 5.76. The average molecular weight is 324 g/mol. The fourth-order valence-electron chi connectivity index (χ4n) is 1.89. The number of aromatic nitrogens is 2. The quantitative estimate of drug-likeness (QED) is 0.699. The van der Waals surface area contributed by atoms with E-state index in [-0.39, 0.29) is 24.7 Å². The Kier molecular flexibility index (Phi) is 4.42. The lowest BCUT2D eigenvalue weighted by atomic mass is 10.5. The van der Waals surface area contributed by atoms with Crippen LogP contribution in [0.2, 0.25) is 0 Å². The van der Waals surface area contributed by atoms with Crippen molar-refractivity contribution in [1.82, 2.24) is 19.2 Å². The average Bonchev–Trinajstić information content (AvgIpc) is 2.85. The molecule has 1 aliphatic heterocycles. The van der Waals surface area contributed by atoms with Gasteiger partial charge in [0.25, 0.3) is 0 Å². The van der Waals surface area contributed by atoms with Crippen LogP contribution in [0.3, 0.4) is 0 Å². The van der Waals surface area contributed by atoms with E-state index in [1.165, 1.54) is 4.31 Å². The molecular weight excluding hydrogens is 308 g/mol. The molecule has 0 unspecified atom stereocenters. The molecule has 1 N–H and O–H groups in total. The number of rotatable bonds is 6. The summed E-state index contributed by atoms with van der Waals surface area (Å²) in [6.45, 7) is 2.16. The first-order valence-corrected chi connectivity index (χ1v) is 9.29. The van der Waals surface area contributed by atoms with Crippen molar-refractivity contribution in [2.24, 2.45) is 0 Å². The molecule has 0 amide bonds. The first kappa shape index (κ1) is 15.4. The van der Waals surface area contributed by atoms with Crippen LogP contribution in [0.15, 0.2) is 4.52 Å². The van der Waals surface area contributed by atoms with Crippen molar-refractivity contribution in [3.05, 3.63) is 11.7 Å². The molecule has 11 heteroatoms. The minimum Gasteiger partial charge on any atom is -0.340 e. The number of nitrogens with zero attached hydrogens (tertiary/aromatic N) is 3. The van der Waals surface area contributed by atoms with Gasteiger partial charge >= 0.3 is 0 Å². The minimum atomic E-state index is -3.61. The van der Waals surface area contributed by atoms with Crippen LogP contribution >= 0.6 is 0 Å². The predicted octanol–water partition coefficient (Wildman–Crippen LogP) is -1.17. The first-order chi connectivity index (χ1) is 9.28. The van der Waals surface area contributed by atoms with Crippen molar-refractivity contribution < 1.29 is 21.4 Å². The van der Waals surface area contributed by atoms with Gasteiger partial charge in [-0.15, -0.1) is 0 Å². The van der Waals surface area contributed by atoms with Crippen LogP contribution in [0.5, 0.6) is 0 Å². The molecule has 20 heavy (non-hydrogen) atoms. The van der Waals surface area contributed by atoms with Crippen LogP contribution < -0.4 is 4.72 Å². The van der Waals surface area contributed by atoms with E-state index in [0.29, 0.717) is 18.9 Å². The van der Waals surface area contributed by atoms with Gasteiger partial charge in [-0.25, -0.2) is 25.9 Å². The van der Waals surface area contributed by atoms with Gasteiger partial charge in [0.2, 0.25) is 25.9 Å². The molecule has 1 aromatic rings. The molecule has 9 nitrogen and oxygen atoms in total. The molecule has 0 aromatic carbocycles. The van der Waals surface area contributed by atoms with E-state index in [9.17, 15) is 16.8 Å². The Morgan fingerprint density at radius 1 is 1.45 bits per heavy atom. The van der Waals surface area contributed by atoms with Crippen LogP contribution in [-0.2, 0) is 25.8 Å². The lowest BCUT2D eigenvalue weighted by Crippen LogP contribution is -2.36. The predicted molar refractivity (Wildman–Crippen MR) is 69.6 cm³/mol. The maximum absolute atomic E-state index is 11.7. The fourth-order valence-corrected chi connectivity index (χ4v) is 4.38. The molecule has 0 aliphatic carbocycles. The van der Waals surface area contributed by atoms with Gasteiger partial charge in [-0.2, -0.15) is 4.98 Å². The Balaban J connectivity index is 1.84. The van der Waals surface area contributed by atoms with Crippen LogP contribution in [0.25, 0.3) is 0 Å². The third-order valence-electron chi connectivity index (χ3n) is 2.78. The van der Waals surface area contributed by atoms with Crippen molar-refractivity contribution in [3.63, 3.8) is 0 Å². The van der Waals surface area contributed by atoms with Gasteiger partial charge < -0.3 is 4.52 Å². The zero-order valence-electron chi connectivity index (χ0n) is 10.9. The number of sulfonamides is 2. The van der Waals surface area contributed by atoms with E-state index < -0.39 is 25.8 Å². The van der Waals surface area contributed by atoms with E-state index in [2.05, 4.69) is 19.4 Å². The highest BCUT2D eigenvalue weighted by Crippen LogP contribution is 2.12. The molecule has 0 bridgehead atoms.